The van der Waals surface area contributed by atoms with Gasteiger partial charge in [-0.3, -0.25) is 9.78 Å². The summed E-state index contributed by atoms with van der Waals surface area (Å²) in [6.45, 7) is 6.86. The summed E-state index contributed by atoms with van der Waals surface area (Å²) in [4.78, 5) is 35.7. The number of carboxylic acids is 2. The van der Waals surface area contributed by atoms with Gasteiger partial charge in [0, 0.05) is 35.8 Å². The summed E-state index contributed by atoms with van der Waals surface area (Å²) in [5.41, 5.74) is 5.14. The lowest BCUT2D eigenvalue weighted by Crippen LogP contribution is -2.36. The molecule has 0 saturated carbocycles. The summed E-state index contributed by atoms with van der Waals surface area (Å²) < 4.78 is 5.87. The van der Waals surface area contributed by atoms with Crippen LogP contribution in [0, 0.1) is 6.92 Å². The topological polar surface area (TPSA) is 138 Å². The molecule has 0 aliphatic carbocycles. The van der Waals surface area contributed by atoms with E-state index in [0.717, 1.165) is 34.8 Å². The van der Waals surface area contributed by atoms with Crippen molar-refractivity contribution in [1.29, 1.82) is 0 Å². The quantitative estimate of drug-likeness (QED) is 0.361. The molecular formula is C27H29N3O6. The van der Waals surface area contributed by atoms with Crippen molar-refractivity contribution in [2.24, 2.45) is 0 Å². The van der Waals surface area contributed by atoms with Gasteiger partial charge in [-0.1, -0.05) is 31.2 Å². The monoisotopic (exact) mass is 491 g/mol. The van der Waals surface area contributed by atoms with Gasteiger partial charge in [-0.25, -0.2) is 9.59 Å². The van der Waals surface area contributed by atoms with E-state index in [4.69, 9.17) is 14.9 Å². The van der Waals surface area contributed by atoms with Gasteiger partial charge in [0.25, 0.3) is 5.91 Å². The van der Waals surface area contributed by atoms with Crippen LogP contribution in [0.1, 0.15) is 43.1 Å². The van der Waals surface area contributed by atoms with Crippen LogP contribution in [0.3, 0.4) is 0 Å². The van der Waals surface area contributed by atoms with Crippen molar-refractivity contribution in [2.75, 3.05) is 5.32 Å². The number of fused-ring (bicyclic) bond motifs is 2. The molecule has 1 aromatic heterocycles. The van der Waals surface area contributed by atoms with Gasteiger partial charge in [-0.2, -0.15) is 0 Å². The highest BCUT2D eigenvalue weighted by atomic mass is 16.5. The van der Waals surface area contributed by atoms with E-state index in [1.54, 1.807) is 0 Å². The van der Waals surface area contributed by atoms with Crippen LogP contribution in [-0.2, 0) is 20.9 Å². The van der Waals surface area contributed by atoms with Crippen molar-refractivity contribution in [3.8, 4) is 5.75 Å². The van der Waals surface area contributed by atoms with Crippen LogP contribution < -0.4 is 15.4 Å². The lowest BCUT2D eigenvalue weighted by molar-refractivity contribution is -0.134. The minimum Gasteiger partial charge on any atom is -0.478 e. The minimum atomic E-state index is -1.26. The van der Waals surface area contributed by atoms with Crippen LogP contribution in [0.4, 0.5) is 5.69 Å². The number of aromatic nitrogens is 1. The molecule has 2 unspecified atom stereocenters. The van der Waals surface area contributed by atoms with Crippen molar-refractivity contribution in [2.45, 2.75) is 45.9 Å². The summed E-state index contributed by atoms with van der Waals surface area (Å²) in [6, 6.07) is 16.5. The van der Waals surface area contributed by atoms with Crippen LogP contribution in [0.2, 0.25) is 0 Å². The van der Waals surface area contributed by atoms with Crippen LogP contribution in [-0.4, -0.2) is 39.1 Å². The number of rotatable bonds is 7. The average Bonchev–Trinajstić information content (AvgIpc) is 2.85. The Hall–Kier alpha value is -4.24. The Morgan fingerprint density at radius 1 is 1.14 bits per heavy atom. The van der Waals surface area contributed by atoms with Gasteiger partial charge in [-0.15, -0.1) is 0 Å². The van der Waals surface area contributed by atoms with Crippen LogP contribution >= 0.6 is 0 Å². The maximum Gasteiger partial charge on any atom is 0.328 e. The Morgan fingerprint density at radius 3 is 2.50 bits per heavy atom. The summed E-state index contributed by atoms with van der Waals surface area (Å²) in [5.74, 6) is -1.85. The number of benzene rings is 2. The molecule has 1 aliphatic rings. The number of hydrogen-bond donors (Lipinski definition) is 4. The first-order valence-electron chi connectivity index (χ1n) is 11.5. The maximum atomic E-state index is 11.9. The van der Waals surface area contributed by atoms with Crippen molar-refractivity contribution in [1.82, 2.24) is 10.3 Å². The van der Waals surface area contributed by atoms with Gasteiger partial charge in [0.2, 0.25) is 0 Å². The number of amides is 1. The zero-order chi connectivity index (χ0) is 26.2. The molecule has 188 valence electrons. The number of carbonyl (C=O) groups excluding carboxylic acids is 1. The number of carbonyl (C=O) groups is 3. The highest BCUT2D eigenvalue weighted by Crippen LogP contribution is 2.33. The van der Waals surface area contributed by atoms with E-state index in [-0.39, 0.29) is 11.9 Å². The number of nitrogens with one attached hydrogen (secondary N) is 2. The standard InChI is InChI=1S/C23H25N3O2.C4H4O4/c1-4-21-23(27)26-20-10-9-16(12-22(20)28-21)15(3)24-13-17-11-14(2)25-19-8-6-5-7-18(17)19;5-3(6)1-2-4(7)8/h5-12,15,21,24H,4,13H2,1-3H3,(H,26,27);1-2H,(H,5,6)(H,7,8). The molecule has 0 saturated heterocycles. The van der Waals surface area contributed by atoms with Gasteiger partial charge < -0.3 is 25.6 Å². The van der Waals surface area contributed by atoms with Gasteiger partial charge in [0.1, 0.15) is 5.75 Å². The largest absolute Gasteiger partial charge is 0.478 e. The van der Waals surface area contributed by atoms with Crippen LogP contribution in [0.5, 0.6) is 5.75 Å². The lowest BCUT2D eigenvalue weighted by atomic mass is 10.0. The highest BCUT2D eigenvalue weighted by Gasteiger charge is 2.26. The molecule has 36 heavy (non-hydrogen) atoms. The van der Waals surface area contributed by atoms with Crippen LogP contribution in [0.15, 0.2) is 60.7 Å². The molecule has 2 atom stereocenters. The third-order valence-electron chi connectivity index (χ3n) is 5.59. The fourth-order valence-electron chi connectivity index (χ4n) is 3.76. The predicted molar refractivity (Wildman–Crippen MR) is 136 cm³/mol. The van der Waals surface area contributed by atoms with Gasteiger partial charge >= 0.3 is 11.9 Å². The first kappa shape index (κ1) is 26.4. The summed E-state index contributed by atoms with van der Waals surface area (Å²) in [5, 5.41) is 23.3. The molecule has 0 spiro atoms. The Labute approximate surface area is 208 Å². The third-order valence-corrected chi connectivity index (χ3v) is 5.59. The number of pyridine rings is 1. The second-order valence-corrected chi connectivity index (χ2v) is 8.31. The molecule has 4 N–H and O–H groups in total. The smallest absolute Gasteiger partial charge is 0.328 e. The predicted octanol–water partition coefficient (Wildman–Crippen LogP) is 4.22. The molecule has 4 rings (SSSR count). The van der Waals surface area contributed by atoms with E-state index >= 15 is 0 Å². The van der Waals surface area contributed by atoms with E-state index < -0.39 is 18.0 Å². The number of aliphatic carboxylic acids is 2. The Bertz CT molecular complexity index is 1290. The number of carboxylic acid groups (broad SMARTS) is 2. The van der Waals surface area contributed by atoms with E-state index in [2.05, 4.69) is 40.7 Å². The summed E-state index contributed by atoms with van der Waals surface area (Å²) >= 11 is 0. The molecule has 0 bridgehead atoms. The molecule has 0 fully saturated rings. The summed E-state index contributed by atoms with van der Waals surface area (Å²) in [6.07, 6.45) is 1.35. The van der Waals surface area contributed by atoms with Crippen molar-refractivity contribution < 1.29 is 29.3 Å². The molecule has 1 aliphatic heterocycles. The SMILES string of the molecule is CCC1Oc2cc(C(C)NCc3cc(C)nc4ccccc34)ccc2NC1=O.O=C(O)C=CC(=O)O. The highest BCUT2D eigenvalue weighted by molar-refractivity contribution is 5.97. The van der Waals surface area contributed by atoms with Gasteiger partial charge in [0.05, 0.1) is 11.2 Å². The number of aryl methyl sites for hydroxylation is 1. The number of anilines is 1. The second kappa shape index (κ2) is 11.9. The number of ether oxygens (including phenoxy) is 1. The Balaban J connectivity index is 0.000000392. The normalized spacial score (nSPS) is 15.3. The summed E-state index contributed by atoms with van der Waals surface area (Å²) in [7, 11) is 0. The number of para-hydroxylation sites is 1. The zero-order valence-electron chi connectivity index (χ0n) is 20.3. The molecule has 2 aromatic carbocycles. The van der Waals surface area contributed by atoms with Gasteiger partial charge in [-0.05, 0) is 55.7 Å². The van der Waals surface area contributed by atoms with Crippen LogP contribution in [0.25, 0.3) is 10.9 Å². The Morgan fingerprint density at radius 2 is 1.83 bits per heavy atom. The first-order valence-corrected chi connectivity index (χ1v) is 11.5. The molecular weight excluding hydrogens is 462 g/mol. The van der Waals surface area contributed by atoms with Gasteiger partial charge in [0.15, 0.2) is 6.10 Å². The number of hydrogen-bond acceptors (Lipinski definition) is 6. The fraction of sp³-hybridized carbons (Fsp3) is 0.259. The average molecular weight is 492 g/mol. The molecule has 2 heterocycles. The van der Waals surface area contributed by atoms with E-state index in [0.29, 0.717) is 18.6 Å². The van der Waals surface area contributed by atoms with Crippen molar-refractivity contribution >= 4 is 34.4 Å². The Kier molecular flexibility index (Phi) is 8.75. The van der Waals surface area contributed by atoms with Crippen molar-refractivity contribution in [3.63, 3.8) is 0 Å². The second-order valence-electron chi connectivity index (χ2n) is 8.31. The maximum absolute atomic E-state index is 11.9. The molecule has 9 heteroatoms. The molecule has 1 amide bonds. The fourth-order valence-corrected chi connectivity index (χ4v) is 3.76. The zero-order valence-corrected chi connectivity index (χ0v) is 20.3. The van der Waals surface area contributed by atoms with Crippen molar-refractivity contribution in [3.05, 3.63) is 77.5 Å². The molecule has 9 nitrogen and oxygen atoms in total. The van der Waals surface area contributed by atoms with E-state index in [1.807, 2.05) is 44.2 Å². The number of nitrogens with zero attached hydrogens (tertiary/aromatic N) is 1. The van der Waals surface area contributed by atoms with E-state index in [9.17, 15) is 14.4 Å². The molecule has 0 radical (unpaired) electrons. The lowest BCUT2D eigenvalue weighted by Gasteiger charge is -2.26. The van der Waals surface area contributed by atoms with E-state index in [1.165, 1.54) is 10.9 Å². The third kappa shape index (κ3) is 6.89. The first-order chi connectivity index (χ1) is 17.2. The molecule has 3 aromatic rings. The minimum absolute atomic E-state index is 0.0751.